The average Bonchev–Trinajstić information content (AvgIpc) is 3.44. The number of methoxy groups -OCH3 is 1. The molecule has 1 aliphatic rings. The number of rotatable bonds is 11. The van der Waals surface area contributed by atoms with Crippen molar-refractivity contribution in [3.05, 3.63) is 60.0 Å². The van der Waals surface area contributed by atoms with Gasteiger partial charge in [-0.1, -0.05) is 0 Å². The van der Waals surface area contributed by atoms with Gasteiger partial charge in [-0.25, -0.2) is 14.4 Å². The highest BCUT2D eigenvalue weighted by molar-refractivity contribution is 7.98. The van der Waals surface area contributed by atoms with Crippen molar-refractivity contribution >= 4 is 35.1 Å². The van der Waals surface area contributed by atoms with Crippen molar-refractivity contribution in [3.8, 4) is 28.5 Å². The molecule has 0 saturated carbocycles. The van der Waals surface area contributed by atoms with Crippen LogP contribution in [0.1, 0.15) is 19.4 Å². The maximum atomic E-state index is 15.2. The van der Waals surface area contributed by atoms with Gasteiger partial charge in [0, 0.05) is 69.4 Å². The number of aromatic nitrogens is 3. The first-order chi connectivity index (χ1) is 22.0. The van der Waals surface area contributed by atoms with Crippen LogP contribution in [0.4, 0.5) is 40.9 Å². The van der Waals surface area contributed by atoms with Crippen molar-refractivity contribution in [2.24, 2.45) is 0 Å². The molecule has 46 heavy (non-hydrogen) atoms. The number of halogens is 4. The number of nitrogens with zero attached hydrogens (tertiary/aromatic N) is 5. The van der Waals surface area contributed by atoms with E-state index >= 15 is 4.39 Å². The van der Waals surface area contributed by atoms with E-state index in [4.69, 9.17) is 9.15 Å². The van der Waals surface area contributed by atoms with Crippen LogP contribution in [-0.2, 0) is 0 Å². The van der Waals surface area contributed by atoms with E-state index in [2.05, 4.69) is 41.6 Å². The van der Waals surface area contributed by atoms with Gasteiger partial charge in [-0.3, -0.25) is 4.90 Å². The number of hydrogen-bond donors (Lipinski definition) is 2. The Labute approximate surface area is 270 Å². The number of alkyl halides is 3. The maximum absolute atomic E-state index is 15.2. The minimum Gasteiger partial charge on any atom is -0.497 e. The first-order valence-corrected chi connectivity index (χ1v) is 16.2. The van der Waals surface area contributed by atoms with Gasteiger partial charge in [0.2, 0.25) is 5.95 Å². The molecule has 0 bridgehead atoms. The lowest BCUT2D eigenvalue weighted by molar-refractivity contribution is -0.110. The highest BCUT2D eigenvalue weighted by Gasteiger charge is 2.21. The summed E-state index contributed by atoms with van der Waals surface area (Å²) in [6, 6.07) is 13.2. The number of ether oxygens (including phenoxy) is 1. The van der Waals surface area contributed by atoms with Crippen molar-refractivity contribution in [1.82, 2.24) is 19.9 Å². The minimum absolute atomic E-state index is 0.188. The number of anilines is 4. The van der Waals surface area contributed by atoms with Crippen LogP contribution >= 0.6 is 11.8 Å². The fourth-order valence-electron chi connectivity index (χ4n) is 4.87. The molecule has 4 aromatic rings. The van der Waals surface area contributed by atoms with Crippen molar-refractivity contribution < 1.29 is 26.7 Å². The minimum atomic E-state index is -4.00. The molecule has 0 amide bonds. The highest BCUT2D eigenvalue weighted by Crippen LogP contribution is 2.36. The molecule has 2 N–H and O–H groups in total. The SMILES string of the molecule is CC(F)(F)F.CCNc1nc(-c2cc(C)cc(OC)c2)c(-c2ccnc(Nc3ccc(N4CCN(CCSC)CC4)c(F)c3)n2)o1. The van der Waals surface area contributed by atoms with Crippen LogP contribution in [0.3, 0.4) is 0 Å². The third-order valence-corrected chi connectivity index (χ3v) is 7.52. The summed E-state index contributed by atoms with van der Waals surface area (Å²) in [5.41, 5.74) is 4.25. The van der Waals surface area contributed by atoms with E-state index in [9.17, 15) is 13.2 Å². The van der Waals surface area contributed by atoms with E-state index in [1.807, 2.05) is 55.9 Å². The van der Waals surface area contributed by atoms with Crippen LogP contribution in [0.15, 0.2) is 53.1 Å². The van der Waals surface area contributed by atoms with Gasteiger partial charge < -0.3 is 24.7 Å². The number of oxazole rings is 1. The summed E-state index contributed by atoms with van der Waals surface area (Å²) in [5, 5.41) is 6.28. The zero-order valence-electron chi connectivity index (χ0n) is 26.5. The fourth-order valence-corrected chi connectivity index (χ4v) is 5.31. The maximum Gasteiger partial charge on any atom is 0.386 e. The molecule has 0 unspecified atom stereocenters. The van der Waals surface area contributed by atoms with Crippen molar-refractivity contribution in [3.63, 3.8) is 0 Å². The summed E-state index contributed by atoms with van der Waals surface area (Å²) >= 11 is 1.85. The molecule has 5 rings (SSSR count). The second-order valence-electron chi connectivity index (χ2n) is 10.6. The Bertz CT molecular complexity index is 1570. The Balaban J connectivity index is 0.000000892. The lowest BCUT2D eigenvalue weighted by atomic mass is 10.1. The van der Waals surface area contributed by atoms with E-state index in [0.29, 0.717) is 47.0 Å². The van der Waals surface area contributed by atoms with Gasteiger partial charge in [0.15, 0.2) is 5.76 Å². The molecule has 1 saturated heterocycles. The van der Waals surface area contributed by atoms with Crippen LogP contribution in [-0.4, -0.2) is 84.4 Å². The Kier molecular flexibility index (Phi) is 12.1. The number of nitrogens with one attached hydrogen (secondary N) is 2. The van der Waals surface area contributed by atoms with Crippen molar-refractivity contribution in [2.75, 3.05) is 73.9 Å². The molecular weight excluding hydrogens is 622 g/mol. The summed E-state index contributed by atoms with van der Waals surface area (Å²) < 4.78 is 57.8. The first kappa shape index (κ1) is 34.8. The predicted octanol–water partition coefficient (Wildman–Crippen LogP) is 7.48. The topological polar surface area (TPSA) is 91.6 Å². The number of thioether (sulfide) groups is 1. The summed E-state index contributed by atoms with van der Waals surface area (Å²) in [7, 11) is 1.64. The molecule has 0 radical (unpaired) electrons. The first-order valence-electron chi connectivity index (χ1n) is 14.8. The van der Waals surface area contributed by atoms with Crippen LogP contribution < -0.4 is 20.3 Å². The summed E-state index contributed by atoms with van der Waals surface area (Å²) in [6.07, 6.45) is -0.236. The lowest BCUT2D eigenvalue weighted by Crippen LogP contribution is -2.47. The van der Waals surface area contributed by atoms with Crippen molar-refractivity contribution in [2.45, 2.75) is 26.9 Å². The second-order valence-corrected chi connectivity index (χ2v) is 11.6. The number of hydrogen-bond acceptors (Lipinski definition) is 10. The van der Waals surface area contributed by atoms with Crippen LogP contribution in [0.5, 0.6) is 5.75 Å². The van der Waals surface area contributed by atoms with Crippen LogP contribution in [0.25, 0.3) is 22.7 Å². The monoisotopic (exact) mass is 661 g/mol. The zero-order valence-corrected chi connectivity index (χ0v) is 27.4. The smallest absolute Gasteiger partial charge is 0.386 e. The van der Waals surface area contributed by atoms with Gasteiger partial charge in [0.05, 0.1) is 12.8 Å². The molecule has 2 aromatic carbocycles. The van der Waals surface area contributed by atoms with Gasteiger partial charge in [0.1, 0.15) is 23.0 Å². The van der Waals surface area contributed by atoms with Gasteiger partial charge in [-0.05, 0) is 68.1 Å². The zero-order chi connectivity index (χ0) is 33.3. The molecule has 1 aliphatic heterocycles. The second kappa shape index (κ2) is 16.0. The van der Waals surface area contributed by atoms with E-state index < -0.39 is 6.18 Å². The number of aryl methyl sites for hydroxylation is 1. The largest absolute Gasteiger partial charge is 0.497 e. The van der Waals surface area contributed by atoms with Crippen molar-refractivity contribution in [1.29, 1.82) is 0 Å². The third kappa shape index (κ3) is 9.98. The molecule has 1 fully saturated rings. The van der Waals surface area contributed by atoms with Gasteiger partial charge in [0.25, 0.3) is 6.01 Å². The number of benzene rings is 2. The van der Waals surface area contributed by atoms with Crippen LogP contribution in [0.2, 0.25) is 0 Å². The molecule has 0 aliphatic carbocycles. The molecule has 248 valence electrons. The Morgan fingerprint density at radius 1 is 1.04 bits per heavy atom. The molecule has 9 nitrogen and oxygen atoms in total. The predicted molar refractivity (Wildman–Crippen MR) is 177 cm³/mol. The lowest BCUT2D eigenvalue weighted by Gasteiger charge is -2.36. The van der Waals surface area contributed by atoms with E-state index in [-0.39, 0.29) is 12.7 Å². The molecule has 3 heterocycles. The molecular formula is C32H39F4N7O2S. The summed E-state index contributed by atoms with van der Waals surface area (Å²) in [5.74, 6) is 2.40. The molecule has 0 atom stereocenters. The van der Waals surface area contributed by atoms with Crippen LogP contribution in [0, 0.1) is 12.7 Å². The Hall–Kier alpha value is -4.04. The summed E-state index contributed by atoms with van der Waals surface area (Å²) in [6.45, 7) is 9.39. The van der Waals surface area contributed by atoms with Gasteiger partial charge >= 0.3 is 6.18 Å². The van der Waals surface area contributed by atoms with Gasteiger partial charge in [-0.15, -0.1) is 0 Å². The standard InChI is InChI=1S/C30H36FN7O2S.C2H3F3/c1-5-32-30-36-27(21-16-20(2)17-23(18-21)39-3)28(40-30)25-8-9-33-29(35-25)34-22-6-7-26(24(31)19-22)38-12-10-37(11-13-38)14-15-41-4;1-2(3,4)5/h6-9,16-19H,5,10-15H2,1-4H3,(H,32,36)(H,33,34,35);1H3. The highest BCUT2D eigenvalue weighted by atomic mass is 32.2. The average molecular weight is 662 g/mol. The Morgan fingerprint density at radius 3 is 2.43 bits per heavy atom. The van der Waals surface area contributed by atoms with E-state index in [1.54, 1.807) is 19.4 Å². The summed E-state index contributed by atoms with van der Waals surface area (Å²) in [4.78, 5) is 18.3. The normalized spacial score (nSPS) is 13.6. The number of piperazine rings is 1. The van der Waals surface area contributed by atoms with Gasteiger partial charge in [-0.2, -0.15) is 29.9 Å². The molecule has 2 aromatic heterocycles. The quantitative estimate of drug-likeness (QED) is 0.158. The molecule has 14 heteroatoms. The fraction of sp³-hybridized carbons (Fsp3) is 0.406. The molecule has 0 spiro atoms. The third-order valence-electron chi connectivity index (χ3n) is 6.93. The van der Waals surface area contributed by atoms with E-state index in [1.165, 1.54) is 6.07 Å². The van der Waals surface area contributed by atoms with E-state index in [0.717, 1.165) is 55.4 Å². The Morgan fingerprint density at radius 2 is 1.78 bits per heavy atom.